The van der Waals surface area contributed by atoms with Crippen LogP contribution in [0.5, 0.6) is 5.75 Å². The second kappa shape index (κ2) is 12.0. The first-order valence-electron chi connectivity index (χ1n) is 10.9. The van der Waals surface area contributed by atoms with Gasteiger partial charge < -0.3 is 9.47 Å². The van der Waals surface area contributed by atoms with Crippen molar-refractivity contribution in [2.45, 2.75) is 20.5 Å². The van der Waals surface area contributed by atoms with E-state index < -0.39 is 17.8 Å². The Bertz CT molecular complexity index is 1460. The van der Waals surface area contributed by atoms with Crippen molar-refractivity contribution >= 4 is 11.9 Å². The van der Waals surface area contributed by atoms with Crippen molar-refractivity contribution in [2.24, 2.45) is 0 Å². The fraction of sp³-hybridized carbons (Fsp3) is 0.0968. The highest BCUT2D eigenvalue weighted by atomic mass is 19.1. The lowest BCUT2D eigenvalue weighted by Crippen LogP contribution is -2.07. The minimum Gasteiger partial charge on any atom is -0.457 e. The van der Waals surface area contributed by atoms with E-state index in [2.05, 4.69) is 36.8 Å². The molecule has 3 aromatic rings. The van der Waals surface area contributed by atoms with Crippen LogP contribution in [0, 0.1) is 29.5 Å². The van der Waals surface area contributed by atoms with Crippen LogP contribution in [-0.2, 0) is 20.9 Å². The van der Waals surface area contributed by atoms with Crippen LogP contribution in [0.4, 0.5) is 4.39 Å². The van der Waals surface area contributed by atoms with Gasteiger partial charge in [0.05, 0.1) is 5.56 Å². The van der Waals surface area contributed by atoms with E-state index in [1.165, 1.54) is 6.07 Å². The third-order valence-corrected chi connectivity index (χ3v) is 4.79. The van der Waals surface area contributed by atoms with Gasteiger partial charge in [-0.15, -0.1) is 0 Å². The predicted octanol–water partition coefficient (Wildman–Crippen LogP) is 5.73. The summed E-state index contributed by atoms with van der Waals surface area (Å²) < 4.78 is 25.0. The van der Waals surface area contributed by atoms with E-state index in [4.69, 9.17) is 9.47 Å². The van der Waals surface area contributed by atoms with Crippen LogP contribution in [0.2, 0.25) is 0 Å². The molecule has 0 radical (unpaired) electrons. The van der Waals surface area contributed by atoms with Gasteiger partial charge in [0, 0.05) is 33.4 Å². The van der Waals surface area contributed by atoms with Gasteiger partial charge in [0.2, 0.25) is 0 Å². The highest BCUT2D eigenvalue weighted by Gasteiger charge is 2.07. The first-order valence-corrected chi connectivity index (χ1v) is 10.9. The average molecular weight is 479 g/mol. The van der Waals surface area contributed by atoms with Gasteiger partial charge in [-0.05, 0) is 62.4 Å². The van der Waals surface area contributed by atoms with Crippen molar-refractivity contribution in [1.82, 2.24) is 0 Å². The summed E-state index contributed by atoms with van der Waals surface area (Å²) in [5.74, 6) is 10.5. The summed E-state index contributed by atoms with van der Waals surface area (Å²) in [6.07, 6.45) is 0. The first-order chi connectivity index (χ1) is 17.2. The molecule has 0 aliphatic rings. The molecule has 0 aliphatic carbocycles. The molecule has 0 aromatic heterocycles. The third-order valence-electron chi connectivity index (χ3n) is 4.79. The van der Waals surface area contributed by atoms with E-state index in [-0.39, 0.29) is 12.2 Å². The fourth-order valence-electron chi connectivity index (χ4n) is 2.81. The first kappa shape index (κ1) is 25.7. The van der Waals surface area contributed by atoms with Crippen LogP contribution >= 0.6 is 0 Å². The van der Waals surface area contributed by atoms with E-state index in [0.717, 1.165) is 0 Å². The Morgan fingerprint density at radius 2 is 1.39 bits per heavy atom. The SMILES string of the molecule is C=C(C)C(=O)OCc1ccccc1C#Cc1ccc(C#Cc2ccc(OC(=O)C(=C)C)cc2)cc1F. The normalized spacial score (nSPS) is 9.64. The van der Waals surface area contributed by atoms with Crippen molar-refractivity contribution in [1.29, 1.82) is 0 Å². The van der Waals surface area contributed by atoms with Gasteiger partial charge in [-0.2, -0.15) is 0 Å². The highest BCUT2D eigenvalue weighted by molar-refractivity contribution is 5.88. The predicted molar refractivity (Wildman–Crippen MR) is 136 cm³/mol. The number of halogens is 1. The van der Waals surface area contributed by atoms with E-state index in [1.54, 1.807) is 68.4 Å². The van der Waals surface area contributed by atoms with Crippen molar-refractivity contribution in [3.63, 3.8) is 0 Å². The van der Waals surface area contributed by atoms with Crippen molar-refractivity contribution in [2.75, 3.05) is 0 Å². The van der Waals surface area contributed by atoms with Crippen LogP contribution in [0.3, 0.4) is 0 Å². The molecule has 36 heavy (non-hydrogen) atoms. The lowest BCUT2D eigenvalue weighted by molar-refractivity contribution is -0.140. The van der Waals surface area contributed by atoms with Crippen LogP contribution < -0.4 is 4.74 Å². The monoisotopic (exact) mass is 478 g/mol. The Morgan fingerprint density at radius 3 is 2.06 bits per heavy atom. The summed E-state index contributed by atoms with van der Waals surface area (Å²) in [6.45, 7) is 10.3. The molecule has 0 amide bonds. The Kier molecular flexibility index (Phi) is 8.59. The fourth-order valence-corrected chi connectivity index (χ4v) is 2.81. The molecule has 0 bridgehead atoms. The Hall–Kier alpha value is -4.87. The topological polar surface area (TPSA) is 52.6 Å². The number of hydrogen-bond donors (Lipinski definition) is 0. The Balaban J connectivity index is 1.71. The second-order valence-electron chi connectivity index (χ2n) is 7.90. The number of rotatable bonds is 5. The molecule has 0 atom stereocenters. The number of esters is 2. The summed E-state index contributed by atoms with van der Waals surface area (Å²) in [7, 11) is 0. The summed E-state index contributed by atoms with van der Waals surface area (Å²) in [5.41, 5.74) is 3.35. The van der Waals surface area contributed by atoms with Crippen LogP contribution in [0.15, 0.2) is 91.0 Å². The minimum atomic E-state index is -0.498. The smallest absolute Gasteiger partial charge is 0.338 e. The van der Waals surface area contributed by atoms with E-state index >= 15 is 0 Å². The van der Waals surface area contributed by atoms with Crippen LogP contribution in [0.25, 0.3) is 0 Å². The van der Waals surface area contributed by atoms with E-state index in [9.17, 15) is 14.0 Å². The summed E-state index contributed by atoms with van der Waals surface area (Å²) in [4.78, 5) is 23.2. The van der Waals surface area contributed by atoms with Gasteiger partial charge in [-0.1, -0.05) is 55.0 Å². The minimum absolute atomic E-state index is 0.0465. The Labute approximate surface area is 210 Å². The molecule has 0 aliphatic heterocycles. The number of carbonyl (C=O) groups excluding carboxylic acids is 2. The molecule has 0 fully saturated rings. The molecule has 0 saturated heterocycles. The maximum Gasteiger partial charge on any atom is 0.338 e. The summed E-state index contributed by atoms with van der Waals surface area (Å²) in [6, 6.07) is 18.4. The zero-order valence-corrected chi connectivity index (χ0v) is 20.0. The van der Waals surface area contributed by atoms with Gasteiger partial charge in [-0.25, -0.2) is 14.0 Å². The molecule has 5 heteroatoms. The third kappa shape index (κ3) is 7.32. The molecule has 0 heterocycles. The molecule has 0 unspecified atom stereocenters. The van der Waals surface area contributed by atoms with E-state index in [0.29, 0.717) is 39.1 Å². The number of ether oxygens (including phenoxy) is 2. The second-order valence-corrected chi connectivity index (χ2v) is 7.90. The Morgan fingerprint density at radius 1 is 0.778 bits per heavy atom. The van der Waals surface area contributed by atoms with Crippen molar-refractivity contribution in [3.8, 4) is 29.4 Å². The van der Waals surface area contributed by atoms with Gasteiger partial charge in [0.15, 0.2) is 0 Å². The van der Waals surface area contributed by atoms with Gasteiger partial charge in [-0.3, -0.25) is 0 Å². The van der Waals surface area contributed by atoms with Gasteiger partial charge in [0.1, 0.15) is 18.2 Å². The molecule has 178 valence electrons. The van der Waals surface area contributed by atoms with Gasteiger partial charge >= 0.3 is 11.9 Å². The molecule has 4 nitrogen and oxygen atoms in total. The highest BCUT2D eigenvalue weighted by Crippen LogP contribution is 2.15. The number of benzene rings is 3. The lowest BCUT2D eigenvalue weighted by atomic mass is 10.1. The number of carbonyl (C=O) groups is 2. The molecule has 0 N–H and O–H groups in total. The molecular weight excluding hydrogens is 455 g/mol. The van der Waals surface area contributed by atoms with Crippen LogP contribution in [-0.4, -0.2) is 11.9 Å². The lowest BCUT2D eigenvalue weighted by Gasteiger charge is -2.06. The summed E-state index contributed by atoms with van der Waals surface area (Å²) >= 11 is 0. The zero-order valence-electron chi connectivity index (χ0n) is 20.0. The number of hydrogen-bond acceptors (Lipinski definition) is 4. The van der Waals surface area contributed by atoms with E-state index in [1.807, 2.05) is 6.07 Å². The molecule has 3 rings (SSSR count). The van der Waals surface area contributed by atoms with Gasteiger partial charge in [0.25, 0.3) is 0 Å². The molecular formula is C31H23FO4. The molecule has 3 aromatic carbocycles. The quantitative estimate of drug-likeness (QED) is 0.204. The molecule has 0 spiro atoms. The van der Waals surface area contributed by atoms with Crippen LogP contribution in [0.1, 0.15) is 41.7 Å². The largest absolute Gasteiger partial charge is 0.457 e. The van der Waals surface area contributed by atoms with Crippen molar-refractivity contribution < 1.29 is 23.5 Å². The summed E-state index contributed by atoms with van der Waals surface area (Å²) in [5, 5.41) is 0. The average Bonchev–Trinajstić information content (AvgIpc) is 2.86. The molecule has 0 saturated carbocycles. The maximum absolute atomic E-state index is 14.7. The maximum atomic E-state index is 14.7. The standard InChI is InChI=1S/C31H23FO4/c1-21(2)30(33)35-20-27-8-6-5-7-25(27)15-16-26-14-11-24(19-29(26)32)10-9-23-12-17-28(18-13-23)36-31(34)22(3)4/h5-8,11-14,17-19H,1,3,20H2,2,4H3. The van der Waals surface area contributed by atoms with Crippen molar-refractivity contribution in [3.05, 3.63) is 125 Å². The zero-order chi connectivity index (χ0) is 26.1.